The molecule has 0 aliphatic heterocycles. The number of benzene rings is 1. The summed E-state index contributed by atoms with van der Waals surface area (Å²) in [5, 5.41) is 20.0. The second-order valence-corrected chi connectivity index (χ2v) is 4.96. The van der Waals surface area contributed by atoms with Gasteiger partial charge in [0.2, 0.25) is 0 Å². The molecule has 8 heteroatoms. The van der Waals surface area contributed by atoms with Gasteiger partial charge in [0.1, 0.15) is 0 Å². The van der Waals surface area contributed by atoms with Crippen LogP contribution in [0.2, 0.25) is 0 Å². The van der Waals surface area contributed by atoms with E-state index in [2.05, 4.69) is 4.72 Å². The molecule has 0 saturated heterocycles. The minimum Gasteiger partial charge on any atom is -0.392 e. The Bertz CT molecular complexity index is 453. The van der Waals surface area contributed by atoms with Crippen molar-refractivity contribution in [3.63, 3.8) is 0 Å². The predicted molar refractivity (Wildman–Crippen MR) is 77.3 cm³/mol. The van der Waals surface area contributed by atoms with Crippen LogP contribution in [0.5, 0.6) is 0 Å². The monoisotopic (exact) mass is 299 g/mol. The molecule has 0 spiro atoms. The summed E-state index contributed by atoms with van der Waals surface area (Å²) in [4.78, 5) is 21.7. The number of carbonyl (C=O) groups is 1. The van der Waals surface area contributed by atoms with Crippen molar-refractivity contribution in [3.8, 4) is 0 Å². The van der Waals surface area contributed by atoms with Gasteiger partial charge in [-0.3, -0.25) is 19.6 Å². The maximum Gasteiger partial charge on any atom is 0.269 e. The van der Waals surface area contributed by atoms with Crippen LogP contribution < -0.4 is 10.5 Å². The van der Waals surface area contributed by atoms with Crippen LogP contribution >= 0.6 is 11.9 Å². The van der Waals surface area contributed by atoms with E-state index in [-0.39, 0.29) is 11.6 Å². The first kappa shape index (κ1) is 16.4. The fourth-order valence-corrected chi connectivity index (χ4v) is 2.12. The standard InChI is InChI=1S/C12H17N3O4S/c13-7-1-2-11(16)8-20-14-12(17)9-3-5-10(6-4-9)15(18)19/h3-6,11,16H,1-2,7-8,13H2,(H,14,17). The van der Waals surface area contributed by atoms with Gasteiger partial charge in [0.25, 0.3) is 11.6 Å². The minimum absolute atomic E-state index is 0.0635. The second kappa shape index (κ2) is 8.51. The number of carbonyl (C=O) groups excluding carboxylic acids is 1. The van der Waals surface area contributed by atoms with E-state index in [0.717, 1.165) is 18.4 Å². The number of aliphatic hydroxyl groups is 1. The third-order valence-electron chi connectivity index (χ3n) is 2.52. The third-order valence-corrected chi connectivity index (χ3v) is 3.40. The lowest BCUT2D eigenvalue weighted by molar-refractivity contribution is -0.384. The molecule has 0 aliphatic rings. The molecule has 0 heterocycles. The molecule has 7 nitrogen and oxygen atoms in total. The van der Waals surface area contributed by atoms with Crippen LogP contribution in [0.4, 0.5) is 5.69 Å². The Morgan fingerprint density at radius 1 is 1.45 bits per heavy atom. The Balaban J connectivity index is 2.37. The molecule has 1 atom stereocenters. The Hall–Kier alpha value is -1.64. The first-order valence-electron chi connectivity index (χ1n) is 6.09. The number of non-ortho nitro benzene ring substituents is 1. The van der Waals surface area contributed by atoms with Crippen LogP contribution in [0, 0.1) is 10.1 Å². The van der Waals surface area contributed by atoms with Crippen molar-refractivity contribution in [3.05, 3.63) is 39.9 Å². The number of hydrogen-bond acceptors (Lipinski definition) is 6. The number of hydrogen-bond donors (Lipinski definition) is 3. The SMILES string of the molecule is NCCCC(O)CSNC(=O)c1ccc([N+](=O)[O-])cc1. The summed E-state index contributed by atoms with van der Waals surface area (Å²) < 4.78 is 2.57. The predicted octanol–water partition coefficient (Wildman–Crippen LogP) is 1.07. The van der Waals surface area contributed by atoms with Crippen LogP contribution in [-0.2, 0) is 0 Å². The fraction of sp³-hybridized carbons (Fsp3) is 0.417. The van der Waals surface area contributed by atoms with E-state index in [1.165, 1.54) is 24.3 Å². The number of nitrogens with one attached hydrogen (secondary N) is 1. The number of nitrogens with zero attached hydrogens (tertiary/aromatic N) is 1. The van der Waals surface area contributed by atoms with E-state index < -0.39 is 11.0 Å². The average molecular weight is 299 g/mol. The Kier molecular flexibility index (Phi) is 6.99. The highest BCUT2D eigenvalue weighted by atomic mass is 32.2. The maximum absolute atomic E-state index is 11.7. The van der Waals surface area contributed by atoms with Gasteiger partial charge in [-0.1, -0.05) is 0 Å². The zero-order valence-electron chi connectivity index (χ0n) is 10.8. The highest BCUT2D eigenvalue weighted by Gasteiger charge is 2.10. The Labute approximate surface area is 120 Å². The van der Waals surface area contributed by atoms with Crippen LogP contribution in [0.15, 0.2) is 24.3 Å². The quantitative estimate of drug-likeness (QED) is 0.375. The van der Waals surface area contributed by atoms with Gasteiger partial charge in [-0.2, -0.15) is 0 Å². The Morgan fingerprint density at radius 2 is 2.10 bits per heavy atom. The highest BCUT2D eigenvalue weighted by Crippen LogP contribution is 2.12. The molecule has 4 N–H and O–H groups in total. The van der Waals surface area contributed by atoms with E-state index in [4.69, 9.17) is 5.73 Å². The molecule has 0 aromatic heterocycles. The highest BCUT2D eigenvalue weighted by molar-refractivity contribution is 7.98. The van der Waals surface area contributed by atoms with Crippen molar-refractivity contribution in [1.29, 1.82) is 0 Å². The molecule has 20 heavy (non-hydrogen) atoms. The second-order valence-electron chi connectivity index (χ2n) is 4.13. The topological polar surface area (TPSA) is 118 Å². The molecule has 110 valence electrons. The minimum atomic E-state index is -0.524. The van der Waals surface area contributed by atoms with E-state index >= 15 is 0 Å². The van der Waals surface area contributed by atoms with E-state index in [9.17, 15) is 20.0 Å². The van der Waals surface area contributed by atoms with Crippen LogP contribution in [0.3, 0.4) is 0 Å². The number of nitrogens with two attached hydrogens (primary N) is 1. The van der Waals surface area contributed by atoms with Gasteiger partial charge in [-0.05, 0) is 43.5 Å². The molecular formula is C12H17N3O4S. The maximum atomic E-state index is 11.7. The van der Waals surface area contributed by atoms with Crippen molar-refractivity contribution in [2.24, 2.45) is 5.73 Å². The van der Waals surface area contributed by atoms with Gasteiger partial charge in [0, 0.05) is 23.4 Å². The average Bonchev–Trinajstić information content (AvgIpc) is 2.45. The molecule has 1 aromatic rings. The fourth-order valence-electron chi connectivity index (χ4n) is 1.43. The summed E-state index contributed by atoms with van der Waals surface area (Å²) in [6.45, 7) is 0.525. The van der Waals surface area contributed by atoms with Crippen molar-refractivity contribution < 1.29 is 14.8 Å². The van der Waals surface area contributed by atoms with Crippen molar-refractivity contribution in [2.75, 3.05) is 12.3 Å². The molecule has 1 aromatic carbocycles. The molecule has 1 amide bonds. The molecular weight excluding hydrogens is 282 g/mol. The molecule has 0 fully saturated rings. The molecule has 0 saturated carbocycles. The molecule has 0 bridgehead atoms. The van der Waals surface area contributed by atoms with Crippen LogP contribution in [0.25, 0.3) is 0 Å². The summed E-state index contributed by atoms with van der Waals surface area (Å²) >= 11 is 1.10. The largest absolute Gasteiger partial charge is 0.392 e. The molecule has 1 unspecified atom stereocenters. The zero-order chi connectivity index (χ0) is 15.0. The first-order chi connectivity index (χ1) is 9.54. The summed E-state index contributed by atoms with van der Waals surface area (Å²) in [5.41, 5.74) is 5.60. The Morgan fingerprint density at radius 3 is 2.65 bits per heavy atom. The van der Waals surface area contributed by atoms with Gasteiger partial charge in [0.05, 0.1) is 11.0 Å². The lowest BCUT2D eigenvalue weighted by Gasteiger charge is -2.09. The van der Waals surface area contributed by atoms with Gasteiger partial charge in [-0.15, -0.1) is 0 Å². The van der Waals surface area contributed by atoms with Crippen LogP contribution in [-0.4, -0.2) is 34.3 Å². The normalized spacial score (nSPS) is 11.9. The zero-order valence-corrected chi connectivity index (χ0v) is 11.6. The number of nitro groups is 1. The number of aliphatic hydroxyl groups excluding tert-OH is 1. The first-order valence-corrected chi connectivity index (χ1v) is 7.08. The lowest BCUT2D eigenvalue weighted by Crippen LogP contribution is -2.20. The third kappa shape index (κ3) is 5.55. The summed E-state index contributed by atoms with van der Waals surface area (Å²) in [6, 6.07) is 5.32. The molecule has 1 rings (SSSR count). The molecule has 0 aliphatic carbocycles. The smallest absolute Gasteiger partial charge is 0.269 e. The van der Waals surface area contributed by atoms with E-state index in [0.29, 0.717) is 24.3 Å². The number of amides is 1. The summed E-state index contributed by atoms with van der Waals surface area (Å²) in [7, 11) is 0. The van der Waals surface area contributed by atoms with E-state index in [1.54, 1.807) is 0 Å². The van der Waals surface area contributed by atoms with E-state index in [1.807, 2.05) is 0 Å². The summed E-state index contributed by atoms with van der Waals surface area (Å²) in [5.74, 6) is 0.0227. The van der Waals surface area contributed by atoms with Gasteiger partial charge >= 0.3 is 0 Å². The van der Waals surface area contributed by atoms with Crippen molar-refractivity contribution in [2.45, 2.75) is 18.9 Å². The molecule has 0 radical (unpaired) electrons. The van der Waals surface area contributed by atoms with Gasteiger partial charge in [-0.25, -0.2) is 0 Å². The number of nitro benzene ring substituents is 1. The summed E-state index contributed by atoms with van der Waals surface area (Å²) in [6.07, 6.45) is 0.815. The van der Waals surface area contributed by atoms with Gasteiger partial charge < -0.3 is 10.8 Å². The van der Waals surface area contributed by atoms with Crippen molar-refractivity contribution >= 4 is 23.5 Å². The van der Waals surface area contributed by atoms with Crippen LogP contribution in [0.1, 0.15) is 23.2 Å². The van der Waals surface area contributed by atoms with Crippen molar-refractivity contribution in [1.82, 2.24) is 4.72 Å². The van der Waals surface area contributed by atoms with Gasteiger partial charge in [0.15, 0.2) is 0 Å². The lowest BCUT2D eigenvalue weighted by atomic mass is 10.2. The number of rotatable bonds is 8.